The molecule has 88 valence electrons. The molecule has 0 spiro atoms. The molecule has 3 nitrogen and oxygen atoms in total. The molecular formula is C12H11ClN2OS. The van der Waals surface area contributed by atoms with E-state index in [9.17, 15) is 4.79 Å². The summed E-state index contributed by atoms with van der Waals surface area (Å²) in [4.78, 5) is 16.9. The number of aryl methyl sites for hydroxylation is 1. The van der Waals surface area contributed by atoms with Gasteiger partial charge in [0, 0.05) is 17.3 Å². The summed E-state index contributed by atoms with van der Waals surface area (Å²) in [6.07, 6.45) is 3.02. The lowest BCUT2D eigenvalue weighted by atomic mass is 10.2. The molecule has 2 aromatic rings. The molecule has 0 unspecified atom stereocenters. The van der Waals surface area contributed by atoms with Crippen LogP contribution in [0.25, 0.3) is 0 Å². The molecular weight excluding hydrogens is 256 g/mol. The van der Waals surface area contributed by atoms with Crippen LogP contribution in [0.3, 0.4) is 0 Å². The van der Waals surface area contributed by atoms with Crippen molar-refractivity contribution in [1.82, 2.24) is 10.3 Å². The predicted octanol–water partition coefficient (Wildman–Crippen LogP) is 3.03. The summed E-state index contributed by atoms with van der Waals surface area (Å²) in [6, 6.07) is 3.64. The van der Waals surface area contributed by atoms with Gasteiger partial charge < -0.3 is 5.32 Å². The normalized spacial score (nSPS) is 10.2. The summed E-state index contributed by atoms with van der Waals surface area (Å²) >= 11 is 7.52. The van der Waals surface area contributed by atoms with Crippen molar-refractivity contribution >= 4 is 28.8 Å². The SMILES string of the molecule is Cc1ccsc1CNC(=O)c1ccncc1Cl. The molecule has 0 aliphatic heterocycles. The van der Waals surface area contributed by atoms with Crippen molar-refractivity contribution in [3.05, 3.63) is 50.9 Å². The second kappa shape index (κ2) is 5.29. The fourth-order valence-corrected chi connectivity index (χ4v) is 2.45. The summed E-state index contributed by atoms with van der Waals surface area (Å²) in [5.74, 6) is -0.176. The summed E-state index contributed by atoms with van der Waals surface area (Å²) in [7, 11) is 0. The highest BCUT2D eigenvalue weighted by atomic mass is 35.5. The van der Waals surface area contributed by atoms with Crippen LogP contribution in [0.15, 0.2) is 29.9 Å². The number of rotatable bonds is 3. The molecule has 0 saturated carbocycles. The Morgan fingerprint density at radius 1 is 1.53 bits per heavy atom. The lowest BCUT2D eigenvalue weighted by Crippen LogP contribution is -2.23. The molecule has 17 heavy (non-hydrogen) atoms. The van der Waals surface area contributed by atoms with Crippen LogP contribution in [0.5, 0.6) is 0 Å². The number of pyridine rings is 1. The molecule has 0 saturated heterocycles. The van der Waals surface area contributed by atoms with Crippen molar-refractivity contribution in [2.75, 3.05) is 0 Å². The van der Waals surface area contributed by atoms with Crippen LogP contribution in [0.4, 0.5) is 0 Å². The fourth-order valence-electron chi connectivity index (χ4n) is 1.40. The van der Waals surface area contributed by atoms with Crippen LogP contribution in [0.2, 0.25) is 5.02 Å². The van der Waals surface area contributed by atoms with Gasteiger partial charge in [0.05, 0.1) is 17.1 Å². The van der Waals surface area contributed by atoms with Gasteiger partial charge >= 0.3 is 0 Å². The Morgan fingerprint density at radius 3 is 3.00 bits per heavy atom. The quantitative estimate of drug-likeness (QED) is 0.928. The monoisotopic (exact) mass is 266 g/mol. The summed E-state index contributed by atoms with van der Waals surface area (Å²) < 4.78 is 0. The first-order valence-corrected chi connectivity index (χ1v) is 6.35. The molecule has 0 fully saturated rings. The zero-order valence-electron chi connectivity index (χ0n) is 9.24. The van der Waals surface area contributed by atoms with Gasteiger partial charge in [0.1, 0.15) is 0 Å². The molecule has 0 atom stereocenters. The van der Waals surface area contributed by atoms with Crippen LogP contribution in [-0.2, 0) is 6.54 Å². The number of hydrogen-bond acceptors (Lipinski definition) is 3. The van der Waals surface area contributed by atoms with Crippen molar-refractivity contribution in [1.29, 1.82) is 0 Å². The third-order valence-electron chi connectivity index (χ3n) is 2.39. The van der Waals surface area contributed by atoms with Crippen LogP contribution in [0.1, 0.15) is 20.8 Å². The van der Waals surface area contributed by atoms with Crippen LogP contribution < -0.4 is 5.32 Å². The number of carbonyl (C=O) groups is 1. The first-order valence-electron chi connectivity index (χ1n) is 5.09. The summed E-state index contributed by atoms with van der Waals surface area (Å²) in [6.45, 7) is 2.55. The maximum atomic E-state index is 11.9. The van der Waals surface area contributed by atoms with Gasteiger partial charge in [0.2, 0.25) is 0 Å². The highest BCUT2D eigenvalue weighted by molar-refractivity contribution is 7.10. The number of nitrogens with one attached hydrogen (secondary N) is 1. The molecule has 0 aliphatic rings. The second-order valence-electron chi connectivity index (χ2n) is 3.56. The Hall–Kier alpha value is -1.39. The number of nitrogens with zero attached hydrogens (tertiary/aromatic N) is 1. The van der Waals surface area contributed by atoms with E-state index in [0.717, 1.165) is 4.88 Å². The van der Waals surface area contributed by atoms with Crippen LogP contribution in [-0.4, -0.2) is 10.9 Å². The van der Waals surface area contributed by atoms with E-state index in [0.29, 0.717) is 17.1 Å². The van der Waals surface area contributed by atoms with Gasteiger partial charge in [-0.2, -0.15) is 0 Å². The standard InChI is InChI=1S/C12H11ClN2OS/c1-8-3-5-17-11(8)7-15-12(16)9-2-4-14-6-10(9)13/h2-6H,7H2,1H3,(H,15,16). The zero-order chi connectivity index (χ0) is 12.3. The average molecular weight is 267 g/mol. The Morgan fingerprint density at radius 2 is 2.35 bits per heavy atom. The molecule has 1 amide bonds. The number of aromatic nitrogens is 1. The molecule has 1 N–H and O–H groups in total. The van der Waals surface area contributed by atoms with E-state index in [2.05, 4.69) is 10.3 Å². The van der Waals surface area contributed by atoms with Crippen molar-refractivity contribution in [2.24, 2.45) is 0 Å². The van der Waals surface area contributed by atoms with Gasteiger partial charge in [0.15, 0.2) is 0 Å². The van der Waals surface area contributed by atoms with E-state index in [1.807, 2.05) is 18.4 Å². The maximum Gasteiger partial charge on any atom is 0.253 e. The van der Waals surface area contributed by atoms with E-state index in [1.54, 1.807) is 23.6 Å². The largest absolute Gasteiger partial charge is 0.347 e. The Bertz CT molecular complexity index is 539. The van der Waals surface area contributed by atoms with Crippen molar-refractivity contribution < 1.29 is 4.79 Å². The maximum absolute atomic E-state index is 11.9. The Kier molecular flexibility index (Phi) is 3.76. The lowest BCUT2D eigenvalue weighted by molar-refractivity contribution is 0.0951. The highest BCUT2D eigenvalue weighted by Gasteiger charge is 2.10. The number of hydrogen-bond donors (Lipinski definition) is 1. The first-order chi connectivity index (χ1) is 8.18. The van der Waals surface area contributed by atoms with Gasteiger partial charge in [0.25, 0.3) is 5.91 Å². The third kappa shape index (κ3) is 2.84. The average Bonchev–Trinajstić information content (AvgIpc) is 2.72. The van der Waals surface area contributed by atoms with Crippen molar-refractivity contribution in [3.63, 3.8) is 0 Å². The molecule has 2 heterocycles. The third-order valence-corrected chi connectivity index (χ3v) is 3.72. The van der Waals surface area contributed by atoms with Gasteiger partial charge in [-0.1, -0.05) is 11.6 Å². The predicted molar refractivity (Wildman–Crippen MR) is 69.5 cm³/mol. The highest BCUT2D eigenvalue weighted by Crippen LogP contribution is 2.16. The molecule has 0 radical (unpaired) electrons. The first kappa shape index (κ1) is 12.1. The van der Waals surface area contributed by atoms with Gasteiger partial charge in [-0.3, -0.25) is 9.78 Å². The minimum Gasteiger partial charge on any atom is -0.347 e. The van der Waals surface area contributed by atoms with Gasteiger partial charge in [-0.15, -0.1) is 11.3 Å². The Labute approximate surface area is 108 Å². The van der Waals surface area contributed by atoms with E-state index < -0.39 is 0 Å². The topological polar surface area (TPSA) is 42.0 Å². The lowest BCUT2D eigenvalue weighted by Gasteiger charge is -2.05. The number of carbonyl (C=O) groups excluding carboxylic acids is 1. The molecule has 0 aromatic carbocycles. The van der Waals surface area contributed by atoms with Crippen LogP contribution >= 0.6 is 22.9 Å². The van der Waals surface area contributed by atoms with E-state index in [4.69, 9.17) is 11.6 Å². The second-order valence-corrected chi connectivity index (χ2v) is 4.97. The van der Waals surface area contributed by atoms with Gasteiger partial charge in [-0.05, 0) is 30.0 Å². The van der Waals surface area contributed by atoms with Crippen molar-refractivity contribution in [2.45, 2.75) is 13.5 Å². The number of halogens is 1. The minimum absolute atomic E-state index is 0.176. The van der Waals surface area contributed by atoms with Crippen LogP contribution in [0, 0.1) is 6.92 Å². The number of amides is 1. The fraction of sp³-hybridized carbons (Fsp3) is 0.167. The van der Waals surface area contributed by atoms with Gasteiger partial charge in [-0.25, -0.2) is 0 Å². The van der Waals surface area contributed by atoms with E-state index in [1.165, 1.54) is 11.8 Å². The minimum atomic E-state index is -0.176. The molecule has 2 aromatic heterocycles. The Balaban J connectivity index is 2.04. The van der Waals surface area contributed by atoms with E-state index >= 15 is 0 Å². The zero-order valence-corrected chi connectivity index (χ0v) is 10.8. The molecule has 0 aliphatic carbocycles. The molecule has 2 rings (SSSR count). The summed E-state index contributed by atoms with van der Waals surface area (Å²) in [5.41, 5.74) is 1.65. The number of thiophene rings is 1. The van der Waals surface area contributed by atoms with E-state index in [-0.39, 0.29) is 5.91 Å². The smallest absolute Gasteiger partial charge is 0.253 e. The molecule has 5 heteroatoms. The summed E-state index contributed by atoms with van der Waals surface area (Å²) in [5, 5.41) is 5.22. The van der Waals surface area contributed by atoms with Crippen molar-refractivity contribution in [3.8, 4) is 0 Å². The molecule has 0 bridgehead atoms.